The van der Waals surface area contributed by atoms with E-state index in [4.69, 9.17) is 0 Å². The van der Waals surface area contributed by atoms with E-state index in [-0.39, 0.29) is 18.2 Å². The highest BCUT2D eigenvalue weighted by molar-refractivity contribution is 6.44. The van der Waals surface area contributed by atoms with Crippen LogP contribution in [0.4, 0.5) is 11.4 Å². The quantitative estimate of drug-likeness (QED) is 0.929. The normalized spacial score (nSPS) is 14.3. The average molecular weight is 335 g/mol. The van der Waals surface area contributed by atoms with Gasteiger partial charge in [0.2, 0.25) is 5.91 Å². The second-order valence-corrected chi connectivity index (χ2v) is 6.36. The van der Waals surface area contributed by atoms with E-state index in [0.717, 1.165) is 22.4 Å². The molecule has 0 aromatic heterocycles. The van der Waals surface area contributed by atoms with E-state index in [1.807, 2.05) is 63.2 Å². The minimum absolute atomic E-state index is 0.0967. The summed E-state index contributed by atoms with van der Waals surface area (Å²) in [5.41, 5.74) is 4.92. The van der Waals surface area contributed by atoms with Crippen molar-refractivity contribution in [2.75, 3.05) is 10.3 Å². The molecule has 1 aliphatic rings. The highest BCUT2D eigenvalue weighted by Gasteiger charge is 2.26. The molecule has 5 heteroatoms. The summed E-state index contributed by atoms with van der Waals surface area (Å²) >= 11 is 0. The van der Waals surface area contributed by atoms with Gasteiger partial charge in [-0.1, -0.05) is 29.8 Å². The largest absolute Gasteiger partial charge is 0.321 e. The first-order chi connectivity index (χ1) is 11.9. The first kappa shape index (κ1) is 16.9. The summed E-state index contributed by atoms with van der Waals surface area (Å²) in [5, 5.41) is 8.54. The summed E-state index contributed by atoms with van der Waals surface area (Å²) < 4.78 is 0. The highest BCUT2D eigenvalue weighted by atomic mass is 16.2. The second-order valence-electron chi connectivity index (χ2n) is 6.36. The molecule has 0 fully saturated rings. The van der Waals surface area contributed by atoms with E-state index in [0.29, 0.717) is 17.8 Å². The van der Waals surface area contributed by atoms with Crippen LogP contribution in [0.25, 0.3) is 0 Å². The smallest absolute Gasteiger partial charge is 0.271 e. The zero-order valence-electron chi connectivity index (χ0n) is 14.7. The third kappa shape index (κ3) is 3.76. The molecule has 128 valence electrons. The van der Waals surface area contributed by atoms with Crippen LogP contribution >= 0.6 is 0 Å². The summed E-state index contributed by atoms with van der Waals surface area (Å²) in [5.74, 6) is -0.368. The summed E-state index contributed by atoms with van der Waals surface area (Å²) in [6.07, 6.45) is 0.616. The zero-order chi connectivity index (χ0) is 18.0. The van der Waals surface area contributed by atoms with Crippen molar-refractivity contribution in [3.05, 3.63) is 59.2 Å². The fourth-order valence-corrected chi connectivity index (χ4v) is 2.69. The van der Waals surface area contributed by atoms with E-state index in [1.54, 1.807) is 0 Å². The molecule has 0 atom stereocenters. The first-order valence-electron chi connectivity index (χ1n) is 8.30. The van der Waals surface area contributed by atoms with Crippen molar-refractivity contribution in [3.8, 4) is 0 Å². The summed E-state index contributed by atoms with van der Waals surface area (Å²) in [6, 6.07) is 13.4. The maximum Gasteiger partial charge on any atom is 0.271 e. The molecule has 2 aromatic carbocycles. The number of anilines is 2. The van der Waals surface area contributed by atoms with Crippen molar-refractivity contribution in [2.24, 2.45) is 5.10 Å². The van der Waals surface area contributed by atoms with Gasteiger partial charge in [0.25, 0.3) is 5.91 Å². The molecule has 25 heavy (non-hydrogen) atoms. The van der Waals surface area contributed by atoms with E-state index in [2.05, 4.69) is 10.4 Å². The van der Waals surface area contributed by atoms with Crippen LogP contribution < -0.4 is 10.3 Å². The number of nitrogens with zero attached hydrogens (tertiary/aromatic N) is 2. The van der Waals surface area contributed by atoms with Gasteiger partial charge in [-0.2, -0.15) is 5.10 Å². The highest BCUT2D eigenvalue weighted by Crippen LogP contribution is 2.25. The standard InChI is InChI=1S/C20H21N3O2/c1-13-5-8-16(9-6-13)21-20(25)17-10-11-19(24)23(22-17)18-12-14(2)4-7-15(18)3/h4-9,12H,10-11H2,1-3H3,(H,21,25). The monoisotopic (exact) mass is 335 g/mol. The molecule has 0 radical (unpaired) electrons. The maximum atomic E-state index is 12.5. The summed E-state index contributed by atoms with van der Waals surface area (Å²) in [6.45, 7) is 5.88. The van der Waals surface area contributed by atoms with E-state index >= 15 is 0 Å². The van der Waals surface area contributed by atoms with Gasteiger partial charge >= 0.3 is 0 Å². The van der Waals surface area contributed by atoms with Crippen molar-refractivity contribution >= 4 is 28.9 Å². The van der Waals surface area contributed by atoms with E-state index in [1.165, 1.54) is 5.01 Å². The lowest BCUT2D eigenvalue weighted by molar-refractivity contribution is -0.118. The Morgan fingerprint density at radius 2 is 1.68 bits per heavy atom. The Morgan fingerprint density at radius 1 is 1.00 bits per heavy atom. The molecule has 0 aliphatic carbocycles. The predicted molar refractivity (Wildman–Crippen MR) is 99.9 cm³/mol. The van der Waals surface area contributed by atoms with Gasteiger partial charge in [-0.25, -0.2) is 5.01 Å². The lowest BCUT2D eigenvalue weighted by atomic mass is 10.1. The Bertz CT molecular complexity index is 854. The topological polar surface area (TPSA) is 61.8 Å². The molecule has 1 heterocycles. The number of carbonyl (C=O) groups excluding carboxylic acids is 2. The third-order valence-electron chi connectivity index (χ3n) is 4.20. The Hall–Kier alpha value is -2.95. The molecule has 0 bridgehead atoms. The van der Waals surface area contributed by atoms with Gasteiger partial charge < -0.3 is 5.32 Å². The fourth-order valence-electron chi connectivity index (χ4n) is 2.69. The molecule has 3 rings (SSSR count). The number of amides is 2. The van der Waals surface area contributed by atoms with Crippen LogP contribution in [0.1, 0.15) is 29.5 Å². The number of carbonyl (C=O) groups is 2. The molecule has 1 aliphatic heterocycles. The molecule has 5 nitrogen and oxygen atoms in total. The van der Waals surface area contributed by atoms with Crippen molar-refractivity contribution in [2.45, 2.75) is 33.6 Å². The summed E-state index contributed by atoms with van der Waals surface area (Å²) in [7, 11) is 0. The van der Waals surface area contributed by atoms with Gasteiger partial charge in [0.05, 0.1) is 5.69 Å². The SMILES string of the molecule is Cc1ccc(NC(=O)C2=NN(c3cc(C)ccc3C)C(=O)CC2)cc1. The van der Waals surface area contributed by atoms with Gasteiger partial charge in [0, 0.05) is 18.5 Å². The molecule has 2 aromatic rings. The predicted octanol–water partition coefficient (Wildman–Crippen LogP) is 3.73. The number of rotatable bonds is 3. The number of hydrogen-bond acceptors (Lipinski definition) is 3. The number of benzene rings is 2. The second kappa shape index (κ2) is 6.89. The molecular weight excluding hydrogens is 314 g/mol. The van der Waals surface area contributed by atoms with Gasteiger partial charge in [0.15, 0.2) is 0 Å². The van der Waals surface area contributed by atoms with Crippen LogP contribution in [-0.2, 0) is 9.59 Å². The zero-order valence-corrected chi connectivity index (χ0v) is 14.7. The van der Waals surface area contributed by atoms with Crippen molar-refractivity contribution in [1.82, 2.24) is 0 Å². The molecule has 1 N–H and O–H groups in total. The molecule has 0 unspecified atom stereocenters. The van der Waals surface area contributed by atoms with E-state index in [9.17, 15) is 9.59 Å². The number of hydrogen-bond donors (Lipinski definition) is 1. The van der Waals surface area contributed by atoms with E-state index < -0.39 is 0 Å². The Balaban J connectivity index is 1.86. The van der Waals surface area contributed by atoms with Gasteiger partial charge in [0.1, 0.15) is 5.71 Å². The molecule has 2 amide bonds. The molecule has 0 spiro atoms. The minimum atomic E-state index is -0.272. The van der Waals surface area contributed by atoms with Crippen LogP contribution in [0.3, 0.4) is 0 Å². The lowest BCUT2D eigenvalue weighted by Crippen LogP contribution is -2.36. The lowest BCUT2D eigenvalue weighted by Gasteiger charge is -2.24. The van der Waals surface area contributed by atoms with Crippen molar-refractivity contribution in [3.63, 3.8) is 0 Å². The number of hydrazone groups is 1. The Labute approximate surface area is 147 Å². The molecule has 0 saturated carbocycles. The number of aryl methyl sites for hydroxylation is 3. The van der Waals surface area contributed by atoms with Gasteiger partial charge in [-0.3, -0.25) is 9.59 Å². The molecular formula is C20H21N3O2. The summed E-state index contributed by atoms with van der Waals surface area (Å²) in [4.78, 5) is 24.8. The van der Waals surface area contributed by atoms with Crippen LogP contribution in [0.2, 0.25) is 0 Å². The fraction of sp³-hybridized carbons (Fsp3) is 0.250. The van der Waals surface area contributed by atoms with Gasteiger partial charge in [-0.05, 0) is 50.1 Å². The Kier molecular flexibility index (Phi) is 4.65. The van der Waals surface area contributed by atoms with Crippen LogP contribution in [0, 0.1) is 20.8 Å². The van der Waals surface area contributed by atoms with Crippen molar-refractivity contribution < 1.29 is 9.59 Å². The van der Waals surface area contributed by atoms with Crippen molar-refractivity contribution in [1.29, 1.82) is 0 Å². The first-order valence-corrected chi connectivity index (χ1v) is 8.30. The van der Waals surface area contributed by atoms with Crippen LogP contribution in [-0.4, -0.2) is 17.5 Å². The Morgan fingerprint density at radius 3 is 2.40 bits per heavy atom. The molecule has 0 saturated heterocycles. The maximum absolute atomic E-state index is 12.5. The average Bonchev–Trinajstić information content (AvgIpc) is 2.59. The minimum Gasteiger partial charge on any atom is -0.321 e. The van der Waals surface area contributed by atoms with Crippen LogP contribution in [0.5, 0.6) is 0 Å². The van der Waals surface area contributed by atoms with Gasteiger partial charge in [-0.15, -0.1) is 0 Å². The van der Waals surface area contributed by atoms with Crippen LogP contribution in [0.15, 0.2) is 47.6 Å². The third-order valence-corrected chi connectivity index (χ3v) is 4.20. The number of nitrogens with one attached hydrogen (secondary N) is 1.